The Morgan fingerprint density at radius 1 is 0.974 bits per heavy atom. The summed E-state index contributed by atoms with van der Waals surface area (Å²) in [6.45, 7) is 16.7. The van der Waals surface area contributed by atoms with Crippen LogP contribution in [-0.4, -0.2) is 57.5 Å². The molecule has 2 rings (SSSR count). The van der Waals surface area contributed by atoms with E-state index in [-0.39, 0.29) is 30.1 Å². The van der Waals surface area contributed by atoms with Crippen LogP contribution in [0.4, 0.5) is 4.79 Å². The van der Waals surface area contributed by atoms with Gasteiger partial charge in [-0.2, -0.15) is 0 Å². The van der Waals surface area contributed by atoms with E-state index in [0.29, 0.717) is 0 Å². The van der Waals surface area contributed by atoms with Crippen molar-refractivity contribution in [1.29, 1.82) is 0 Å². The zero-order chi connectivity index (χ0) is 28.9. The third-order valence-corrected chi connectivity index (χ3v) is 12.0. The summed E-state index contributed by atoms with van der Waals surface area (Å²) in [4.78, 5) is 51.7. The molecule has 0 radical (unpaired) electrons. The molecule has 0 aromatic heterocycles. The number of hydrogen-bond donors (Lipinski definition) is 1. The molecule has 1 amide bonds. The Morgan fingerprint density at radius 3 is 2.11 bits per heavy atom. The third kappa shape index (κ3) is 7.44. The van der Waals surface area contributed by atoms with Crippen molar-refractivity contribution in [3.63, 3.8) is 0 Å². The van der Waals surface area contributed by atoms with Crippen LogP contribution in [0, 0.1) is 17.3 Å². The van der Waals surface area contributed by atoms with Crippen LogP contribution in [0.3, 0.4) is 0 Å². The smallest absolute Gasteiger partial charge is 0.460 e. The summed E-state index contributed by atoms with van der Waals surface area (Å²) < 4.78 is 22.0. The lowest BCUT2D eigenvalue weighted by Gasteiger charge is -2.49. The fourth-order valence-electron chi connectivity index (χ4n) is 3.93. The highest BCUT2D eigenvalue weighted by molar-refractivity contribution is 6.74. The molecule has 0 aliphatic carbocycles. The van der Waals surface area contributed by atoms with Gasteiger partial charge in [0, 0.05) is 0 Å². The average Bonchev–Trinajstić information content (AvgIpc) is 2.81. The van der Waals surface area contributed by atoms with Crippen LogP contribution in [-0.2, 0) is 39.6 Å². The van der Waals surface area contributed by atoms with Crippen LogP contribution in [0.5, 0.6) is 0 Å². The van der Waals surface area contributed by atoms with Crippen LogP contribution >= 0.6 is 0 Å². The summed E-state index contributed by atoms with van der Waals surface area (Å²) in [7, 11) is -2.26. The minimum absolute atomic E-state index is 0.0544. The number of β-lactam (4-membered cyclic amide) rings is 1. The van der Waals surface area contributed by atoms with Gasteiger partial charge in [-0.3, -0.25) is 14.4 Å². The van der Waals surface area contributed by atoms with E-state index in [1.807, 2.05) is 32.0 Å². The van der Waals surface area contributed by atoms with Gasteiger partial charge in [-0.1, -0.05) is 65.0 Å². The molecule has 1 N–H and O–H groups in total. The summed E-state index contributed by atoms with van der Waals surface area (Å²) in [6.07, 6.45) is -1.56. The van der Waals surface area contributed by atoms with Crippen molar-refractivity contribution in [3.05, 3.63) is 35.9 Å². The van der Waals surface area contributed by atoms with E-state index in [2.05, 4.69) is 39.2 Å². The predicted octanol–water partition coefficient (Wildman–Crippen LogP) is 4.64. The minimum Gasteiger partial charge on any atom is -0.460 e. The lowest BCUT2D eigenvalue weighted by molar-refractivity contribution is -0.171. The molecule has 1 aromatic carbocycles. The zero-order valence-corrected chi connectivity index (χ0v) is 25.1. The molecule has 1 heterocycles. The van der Waals surface area contributed by atoms with Crippen LogP contribution in [0.15, 0.2) is 30.3 Å². The molecule has 38 heavy (non-hydrogen) atoms. The van der Waals surface area contributed by atoms with E-state index in [9.17, 15) is 19.2 Å². The number of ketones is 1. The van der Waals surface area contributed by atoms with E-state index < -0.39 is 56.3 Å². The highest BCUT2D eigenvalue weighted by atomic mass is 28.4. The lowest BCUT2D eigenvalue weighted by atomic mass is 9.67. The van der Waals surface area contributed by atoms with Crippen molar-refractivity contribution < 1.29 is 37.8 Å². The van der Waals surface area contributed by atoms with Crippen LogP contribution in [0.2, 0.25) is 18.1 Å². The Balaban J connectivity index is 2.28. The van der Waals surface area contributed by atoms with Gasteiger partial charge in [0.2, 0.25) is 5.91 Å². The molecule has 1 saturated heterocycles. The third-order valence-electron chi connectivity index (χ3n) is 7.45. The molecular weight excluding hydrogens is 506 g/mol. The Bertz CT molecular complexity index is 1000. The van der Waals surface area contributed by atoms with Gasteiger partial charge in [0.1, 0.15) is 12.0 Å². The van der Waals surface area contributed by atoms with Gasteiger partial charge >= 0.3 is 12.1 Å². The van der Waals surface area contributed by atoms with Gasteiger partial charge in [0.05, 0.1) is 24.7 Å². The molecule has 1 aromatic rings. The molecule has 9 nitrogen and oxygen atoms in total. The number of carbonyl (C=O) groups is 4. The molecule has 0 bridgehead atoms. The first kappa shape index (κ1) is 31.5. The van der Waals surface area contributed by atoms with Crippen molar-refractivity contribution in [2.45, 2.75) is 85.4 Å². The number of Topliss-reactive ketones (excluding diaryl/α,β-unsaturated/α-hetero) is 1. The van der Waals surface area contributed by atoms with Gasteiger partial charge in [-0.15, -0.1) is 0 Å². The second-order valence-corrected chi connectivity index (χ2v) is 16.8. The molecule has 212 valence electrons. The standard InChI is InChI=1S/C28H43NO8Si/c1-18(2)15-35-26(33)36-17-21(30)28(7,25(32)34-16-20-13-11-10-12-14-20)23-22(24(31)29-23)19(3)37-38(8,9)27(4,5)6/h10-14,18-19,22-23H,15-17H2,1-9H3,(H,29,31)/t19-,22?,23?,28?/m1/s1. The molecule has 4 atom stereocenters. The Morgan fingerprint density at radius 2 is 1.58 bits per heavy atom. The molecule has 0 spiro atoms. The molecule has 0 saturated carbocycles. The Labute approximate surface area is 227 Å². The Kier molecular flexibility index (Phi) is 10.3. The van der Waals surface area contributed by atoms with Gasteiger partial charge in [0.25, 0.3) is 0 Å². The normalized spacial score (nSPS) is 20.0. The summed E-state index contributed by atoms with van der Waals surface area (Å²) >= 11 is 0. The molecule has 10 heteroatoms. The summed E-state index contributed by atoms with van der Waals surface area (Å²) in [5, 5.41) is 2.63. The van der Waals surface area contributed by atoms with Crippen molar-refractivity contribution in [3.8, 4) is 0 Å². The van der Waals surface area contributed by atoms with E-state index in [4.69, 9.17) is 18.6 Å². The maximum absolute atomic E-state index is 13.5. The van der Waals surface area contributed by atoms with Gasteiger partial charge < -0.3 is 24.0 Å². The van der Waals surface area contributed by atoms with Crippen molar-refractivity contribution in [2.75, 3.05) is 13.2 Å². The largest absolute Gasteiger partial charge is 0.508 e. The first-order valence-corrected chi connectivity index (χ1v) is 15.9. The van der Waals surface area contributed by atoms with Crippen LogP contribution < -0.4 is 5.32 Å². The highest BCUT2D eigenvalue weighted by Crippen LogP contribution is 2.42. The zero-order valence-electron chi connectivity index (χ0n) is 24.1. The topological polar surface area (TPSA) is 117 Å². The van der Waals surface area contributed by atoms with E-state index in [0.717, 1.165) is 5.56 Å². The van der Waals surface area contributed by atoms with Crippen molar-refractivity contribution in [1.82, 2.24) is 5.32 Å². The first-order valence-electron chi connectivity index (χ1n) is 13.0. The number of amides is 1. The number of nitrogens with one attached hydrogen (secondary N) is 1. The van der Waals surface area contributed by atoms with Gasteiger partial charge in [-0.05, 0) is 43.5 Å². The molecule has 1 fully saturated rings. The molecule has 1 aliphatic rings. The first-order chi connectivity index (χ1) is 17.5. The van der Waals surface area contributed by atoms with Gasteiger partial charge in [-0.25, -0.2) is 4.79 Å². The second-order valence-electron chi connectivity index (χ2n) is 12.0. The van der Waals surface area contributed by atoms with Crippen molar-refractivity contribution >= 4 is 32.1 Å². The van der Waals surface area contributed by atoms with Crippen LogP contribution in [0.25, 0.3) is 0 Å². The SMILES string of the molecule is CC(C)COC(=O)OCC(=O)C(C)(C(=O)OCc1ccccc1)C1NC(=O)C1[C@@H](C)O[Si](C)(C)C(C)(C)C. The fraction of sp³-hybridized carbons (Fsp3) is 0.643. The van der Waals surface area contributed by atoms with Crippen LogP contribution in [0.1, 0.15) is 54.0 Å². The number of rotatable bonds is 12. The summed E-state index contributed by atoms with van der Waals surface area (Å²) in [6, 6.07) is 8.15. The fourth-order valence-corrected chi connectivity index (χ4v) is 5.36. The van der Waals surface area contributed by atoms with Gasteiger partial charge in [0.15, 0.2) is 20.7 Å². The number of benzene rings is 1. The molecule has 3 unspecified atom stereocenters. The lowest BCUT2D eigenvalue weighted by Crippen LogP contribution is -2.72. The number of carbonyl (C=O) groups excluding carboxylic acids is 4. The average molecular weight is 550 g/mol. The Hall–Kier alpha value is -2.72. The predicted molar refractivity (Wildman–Crippen MR) is 145 cm³/mol. The number of hydrogen-bond acceptors (Lipinski definition) is 8. The second kappa shape index (κ2) is 12.4. The minimum atomic E-state index is -2.26. The van der Waals surface area contributed by atoms with Crippen molar-refractivity contribution in [2.24, 2.45) is 17.3 Å². The summed E-state index contributed by atoms with van der Waals surface area (Å²) in [5.41, 5.74) is -1.08. The van der Waals surface area contributed by atoms with E-state index >= 15 is 0 Å². The maximum atomic E-state index is 13.5. The van der Waals surface area contributed by atoms with E-state index in [1.54, 1.807) is 19.1 Å². The number of ether oxygens (including phenoxy) is 3. The maximum Gasteiger partial charge on any atom is 0.508 e. The highest BCUT2D eigenvalue weighted by Gasteiger charge is 2.61. The number of esters is 1. The monoisotopic (exact) mass is 549 g/mol. The molecular formula is C28H43NO8Si. The molecule has 1 aliphatic heterocycles. The quantitative estimate of drug-likeness (QED) is 0.173. The van der Waals surface area contributed by atoms with E-state index in [1.165, 1.54) is 6.92 Å². The summed E-state index contributed by atoms with van der Waals surface area (Å²) in [5.74, 6) is -2.51.